The fourth-order valence-corrected chi connectivity index (χ4v) is 2.25. The minimum atomic E-state index is -0.292. The molecule has 98 valence electrons. The number of nitrogen functional groups attached to an aromatic ring is 1. The molecule has 0 fully saturated rings. The van der Waals surface area contributed by atoms with Gasteiger partial charge in [-0.1, -0.05) is 18.2 Å². The van der Waals surface area contributed by atoms with E-state index in [-0.39, 0.29) is 17.4 Å². The molecule has 1 heterocycles. The number of nitrogens with one attached hydrogen (secondary N) is 1. The van der Waals surface area contributed by atoms with Gasteiger partial charge in [0, 0.05) is 29.6 Å². The van der Waals surface area contributed by atoms with Crippen LogP contribution in [0.3, 0.4) is 0 Å². The van der Waals surface area contributed by atoms with Crippen LogP contribution >= 0.6 is 11.8 Å². The maximum Gasteiger partial charge on any atom is 0.273 e. The van der Waals surface area contributed by atoms with Gasteiger partial charge >= 0.3 is 0 Å². The zero-order chi connectivity index (χ0) is 13.5. The summed E-state index contributed by atoms with van der Waals surface area (Å²) in [5.74, 6) is 0.644. The molecule has 0 aliphatic heterocycles. The lowest BCUT2D eigenvalue weighted by Gasteiger charge is -2.05. The molecule has 0 saturated heterocycles. The second-order valence-corrected chi connectivity index (χ2v) is 4.88. The molecule has 0 aliphatic rings. The number of rotatable bonds is 5. The summed E-state index contributed by atoms with van der Waals surface area (Å²) in [6.45, 7) is 0.550. The second-order valence-electron chi connectivity index (χ2n) is 3.71. The lowest BCUT2D eigenvalue weighted by Crippen LogP contribution is -2.27. The molecule has 3 N–H and O–H groups in total. The quantitative estimate of drug-likeness (QED) is 0.639. The zero-order valence-electron chi connectivity index (χ0n) is 10.2. The number of thioether (sulfide) groups is 1. The van der Waals surface area contributed by atoms with Crippen LogP contribution < -0.4 is 11.1 Å². The highest BCUT2D eigenvalue weighted by atomic mass is 32.2. The van der Waals surface area contributed by atoms with Crippen LogP contribution in [0.25, 0.3) is 0 Å². The molecule has 0 atom stereocenters. The first-order valence-corrected chi connectivity index (χ1v) is 6.78. The first kappa shape index (κ1) is 13.4. The fourth-order valence-electron chi connectivity index (χ4n) is 1.46. The average molecular weight is 274 g/mol. The van der Waals surface area contributed by atoms with Crippen molar-refractivity contribution in [2.24, 2.45) is 0 Å². The van der Waals surface area contributed by atoms with E-state index < -0.39 is 0 Å². The first-order chi connectivity index (χ1) is 9.27. The Hall–Kier alpha value is -2.08. The Balaban J connectivity index is 1.77. The molecule has 5 nitrogen and oxygen atoms in total. The number of nitrogens with two attached hydrogens (primary N) is 1. The summed E-state index contributed by atoms with van der Waals surface area (Å²) in [5, 5.41) is 2.77. The predicted molar refractivity (Wildman–Crippen MR) is 75.9 cm³/mol. The third-order valence-corrected chi connectivity index (χ3v) is 3.35. The smallest absolute Gasteiger partial charge is 0.273 e. The molecule has 2 aromatic rings. The number of benzene rings is 1. The number of nitrogens with zero attached hydrogens (tertiary/aromatic N) is 2. The van der Waals surface area contributed by atoms with Crippen LogP contribution in [-0.4, -0.2) is 28.2 Å². The number of hydrogen-bond acceptors (Lipinski definition) is 5. The topological polar surface area (TPSA) is 80.9 Å². The second kappa shape index (κ2) is 6.75. The number of aromatic nitrogens is 2. The van der Waals surface area contributed by atoms with Crippen LogP contribution in [0.2, 0.25) is 0 Å². The number of amides is 1. The lowest BCUT2D eigenvalue weighted by atomic mass is 10.4. The molecule has 0 spiro atoms. The Morgan fingerprint density at radius 3 is 2.68 bits per heavy atom. The summed E-state index contributed by atoms with van der Waals surface area (Å²) in [7, 11) is 0. The summed E-state index contributed by atoms with van der Waals surface area (Å²) >= 11 is 1.68. The van der Waals surface area contributed by atoms with Crippen LogP contribution in [0.15, 0.2) is 47.6 Å². The van der Waals surface area contributed by atoms with Crippen molar-refractivity contribution in [3.8, 4) is 0 Å². The molecule has 0 bridgehead atoms. The third kappa shape index (κ3) is 3.96. The summed E-state index contributed by atoms with van der Waals surface area (Å²) in [6.07, 6.45) is 2.90. The van der Waals surface area contributed by atoms with E-state index in [1.807, 2.05) is 30.3 Å². The van der Waals surface area contributed by atoms with E-state index in [4.69, 9.17) is 5.73 Å². The zero-order valence-corrected chi connectivity index (χ0v) is 11.1. The highest BCUT2D eigenvalue weighted by Gasteiger charge is 2.10. The number of hydrogen-bond donors (Lipinski definition) is 2. The van der Waals surface area contributed by atoms with E-state index >= 15 is 0 Å². The van der Waals surface area contributed by atoms with Crippen molar-refractivity contribution in [2.75, 3.05) is 18.0 Å². The molecule has 2 rings (SSSR count). The molecule has 1 amide bonds. The van der Waals surface area contributed by atoms with E-state index in [9.17, 15) is 4.79 Å². The molecule has 6 heteroatoms. The molecule has 0 unspecified atom stereocenters. The third-order valence-electron chi connectivity index (χ3n) is 2.34. The van der Waals surface area contributed by atoms with Crippen molar-refractivity contribution < 1.29 is 4.79 Å². The molecular weight excluding hydrogens is 260 g/mol. The van der Waals surface area contributed by atoms with E-state index in [1.54, 1.807) is 11.8 Å². The Morgan fingerprint density at radius 2 is 1.95 bits per heavy atom. The van der Waals surface area contributed by atoms with Gasteiger partial charge in [-0.25, -0.2) is 9.97 Å². The maximum atomic E-state index is 11.8. The van der Waals surface area contributed by atoms with Gasteiger partial charge < -0.3 is 11.1 Å². The van der Waals surface area contributed by atoms with E-state index in [1.165, 1.54) is 17.3 Å². The fraction of sp³-hybridized carbons (Fsp3) is 0.154. The normalized spacial score (nSPS) is 10.1. The Kier molecular flexibility index (Phi) is 4.74. The summed E-state index contributed by atoms with van der Waals surface area (Å²) in [4.78, 5) is 20.7. The van der Waals surface area contributed by atoms with Crippen molar-refractivity contribution in [1.29, 1.82) is 0 Å². The van der Waals surface area contributed by atoms with Gasteiger partial charge in [0.25, 0.3) is 5.91 Å². The molecule has 0 aliphatic carbocycles. The highest BCUT2D eigenvalue weighted by Crippen LogP contribution is 2.15. The molecule has 1 aromatic carbocycles. The van der Waals surface area contributed by atoms with Crippen LogP contribution in [0.5, 0.6) is 0 Å². The van der Waals surface area contributed by atoms with Gasteiger partial charge in [-0.05, 0) is 12.1 Å². The molecule has 0 saturated carbocycles. The molecule has 0 radical (unpaired) electrons. The van der Waals surface area contributed by atoms with Gasteiger partial charge in [0.05, 0.1) is 0 Å². The van der Waals surface area contributed by atoms with Gasteiger partial charge in [-0.3, -0.25) is 4.79 Å². The van der Waals surface area contributed by atoms with Crippen molar-refractivity contribution in [3.63, 3.8) is 0 Å². The van der Waals surface area contributed by atoms with Gasteiger partial charge in [-0.15, -0.1) is 11.8 Å². The van der Waals surface area contributed by atoms with Crippen LogP contribution in [0, 0.1) is 0 Å². The van der Waals surface area contributed by atoms with Crippen molar-refractivity contribution in [3.05, 3.63) is 48.4 Å². The van der Waals surface area contributed by atoms with Crippen molar-refractivity contribution in [1.82, 2.24) is 15.3 Å². The molecule has 19 heavy (non-hydrogen) atoms. The maximum absolute atomic E-state index is 11.8. The van der Waals surface area contributed by atoms with Crippen LogP contribution in [-0.2, 0) is 0 Å². The van der Waals surface area contributed by atoms with Gasteiger partial charge in [0.15, 0.2) is 11.5 Å². The molecular formula is C13H14N4OS. The van der Waals surface area contributed by atoms with E-state index in [2.05, 4.69) is 15.3 Å². The standard InChI is InChI=1S/C13H14N4OS/c14-12-11(15-6-7-16-12)13(18)17-8-9-19-10-4-2-1-3-5-10/h1-7H,8-9H2,(H2,14,16)(H,17,18). The minimum absolute atomic E-state index is 0.149. The largest absolute Gasteiger partial charge is 0.382 e. The van der Waals surface area contributed by atoms with E-state index in [0.29, 0.717) is 6.54 Å². The van der Waals surface area contributed by atoms with E-state index in [0.717, 1.165) is 5.75 Å². The summed E-state index contributed by atoms with van der Waals surface area (Å²) < 4.78 is 0. The first-order valence-electron chi connectivity index (χ1n) is 5.80. The number of carbonyl (C=O) groups is 1. The monoisotopic (exact) mass is 274 g/mol. The number of anilines is 1. The van der Waals surface area contributed by atoms with Crippen LogP contribution in [0.4, 0.5) is 5.82 Å². The Labute approximate surface area is 115 Å². The van der Waals surface area contributed by atoms with Crippen molar-refractivity contribution >= 4 is 23.5 Å². The number of carbonyl (C=O) groups excluding carboxylic acids is 1. The van der Waals surface area contributed by atoms with Gasteiger partial charge in [-0.2, -0.15) is 0 Å². The van der Waals surface area contributed by atoms with Crippen molar-refractivity contribution in [2.45, 2.75) is 4.90 Å². The van der Waals surface area contributed by atoms with Crippen LogP contribution in [0.1, 0.15) is 10.5 Å². The average Bonchev–Trinajstić information content (AvgIpc) is 2.45. The van der Waals surface area contributed by atoms with Gasteiger partial charge in [0.1, 0.15) is 0 Å². The Bertz CT molecular complexity index is 547. The predicted octanol–water partition coefficient (Wildman–Crippen LogP) is 1.58. The SMILES string of the molecule is Nc1nccnc1C(=O)NCCSc1ccccc1. The lowest BCUT2D eigenvalue weighted by molar-refractivity contribution is 0.0952. The minimum Gasteiger partial charge on any atom is -0.382 e. The molecule has 1 aromatic heterocycles. The summed E-state index contributed by atoms with van der Waals surface area (Å²) in [5.41, 5.74) is 5.75. The Morgan fingerprint density at radius 1 is 1.21 bits per heavy atom. The highest BCUT2D eigenvalue weighted by molar-refractivity contribution is 7.99. The van der Waals surface area contributed by atoms with Gasteiger partial charge in [0.2, 0.25) is 0 Å². The summed E-state index contributed by atoms with van der Waals surface area (Å²) in [6, 6.07) is 10.0.